The van der Waals surface area contributed by atoms with Crippen molar-refractivity contribution in [2.45, 2.75) is 0 Å². The van der Waals surface area contributed by atoms with Gasteiger partial charge in [-0.3, -0.25) is 0 Å². The molecule has 0 bridgehead atoms. The molecule has 13 heavy (non-hydrogen) atoms. The highest BCUT2D eigenvalue weighted by Crippen LogP contribution is 2.30. The molecule has 3 heteroatoms. The van der Waals surface area contributed by atoms with E-state index in [1.165, 1.54) is 10.1 Å². The summed E-state index contributed by atoms with van der Waals surface area (Å²) in [6.45, 7) is 0. The second-order valence-electron chi connectivity index (χ2n) is 2.83. The maximum absolute atomic E-state index is 4.27. The van der Waals surface area contributed by atoms with Crippen LogP contribution in [-0.2, 0) is 0 Å². The topological polar surface area (TPSA) is 25.8 Å². The van der Waals surface area contributed by atoms with E-state index in [4.69, 9.17) is 0 Å². The van der Waals surface area contributed by atoms with E-state index >= 15 is 0 Å². The molecule has 0 radical (unpaired) electrons. The molecule has 0 aliphatic rings. The summed E-state index contributed by atoms with van der Waals surface area (Å²) in [7, 11) is 0. The molecule has 0 fully saturated rings. The zero-order valence-corrected chi connectivity index (χ0v) is 7.58. The average Bonchev–Trinajstić information content (AvgIpc) is 2.56. The summed E-state index contributed by atoms with van der Waals surface area (Å²) in [5.41, 5.74) is 1.07. The quantitative estimate of drug-likeness (QED) is 0.539. The third-order valence-electron chi connectivity index (χ3n) is 2.04. The zero-order chi connectivity index (χ0) is 8.67. The van der Waals surface area contributed by atoms with Gasteiger partial charge in [-0.1, -0.05) is 18.2 Å². The van der Waals surface area contributed by atoms with E-state index in [1.54, 1.807) is 17.7 Å². The first-order valence-corrected chi connectivity index (χ1v) is 4.84. The highest BCUT2D eigenvalue weighted by molar-refractivity contribution is 7.25. The van der Waals surface area contributed by atoms with Crippen LogP contribution in [0.15, 0.2) is 36.8 Å². The van der Waals surface area contributed by atoms with Crippen molar-refractivity contribution in [1.29, 1.82) is 0 Å². The lowest BCUT2D eigenvalue weighted by molar-refractivity contribution is 1.23. The number of hydrogen-bond acceptors (Lipinski definition) is 3. The minimum absolute atomic E-state index is 1.07. The van der Waals surface area contributed by atoms with Crippen molar-refractivity contribution in [3.63, 3.8) is 0 Å². The molecule has 0 N–H and O–H groups in total. The van der Waals surface area contributed by atoms with Crippen LogP contribution in [-0.4, -0.2) is 9.97 Å². The molecule has 2 aromatic heterocycles. The number of benzene rings is 1. The number of hydrogen-bond donors (Lipinski definition) is 0. The van der Waals surface area contributed by atoms with Gasteiger partial charge in [-0.15, -0.1) is 11.3 Å². The van der Waals surface area contributed by atoms with Crippen molar-refractivity contribution in [3.05, 3.63) is 36.8 Å². The Morgan fingerprint density at radius 1 is 1.08 bits per heavy atom. The standard InChI is InChI=1S/C10H6N2S/c1-2-4-8-7(3-1)10-9(13-8)5-11-6-12-10/h1-6H. The maximum Gasteiger partial charge on any atom is 0.116 e. The molecule has 3 aromatic rings. The van der Waals surface area contributed by atoms with Gasteiger partial charge in [0.1, 0.15) is 6.33 Å². The fourth-order valence-corrected chi connectivity index (χ4v) is 2.49. The Morgan fingerprint density at radius 3 is 3.00 bits per heavy atom. The molecule has 0 spiro atoms. The number of nitrogens with zero attached hydrogens (tertiary/aromatic N) is 2. The van der Waals surface area contributed by atoms with Crippen molar-refractivity contribution in [2.75, 3.05) is 0 Å². The Hall–Kier alpha value is -1.48. The number of aromatic nitrogens is 2. The minimum Gasteiger partial charge on any atom is -0.243 e. The van der Waals surface area contributed by atoms with Crippen molar-refractivity contribution >= 4 is 31.6 Å². The van der Waals surface area contributed by atoms with E-state index in [0.29, 0.717) is 0 Å². The van der Waals surface area contributed by atoms with Gasteiger partial charge in [0.2, 0.25) is 0 Å². The van der Waals surface area contributed by atoms with E-state index in [9.17, 15) is 0 Å². The molecule has 0 saturated heterocycles. The predicted octanol–water partition coefficient (Wildman–Crippen LogP) is 2.84. The maximum atomic E-state index is 4.27. The highest BCUT2D eigenvalue weighted by atomic mass is 32.1. The molecule has 2 nitrogen and oxygen atoms in total. The number of fused-ring (bicyclic) bond motifs is 3. The number of rotatable bonds is 0. The lowest BCUT2D eigenvalue weighted by Crippen LogP contribution is -1.74. The van der Waals surface area contributed by atoms with Crippen molar-refractivity contribution in [2.24, 2.45) is 0 Å². The Balaban J connectivity index is 2.64. The molecule has 0 aliphatic carbocycles. The first-order valence-electron chi connectivity index (χ1n) is 4.02. The van der Waals surface area contributed by atoms with Crippen LogP contribution in [0.1, 0.15) is 0 Å². The second-order valence-corrected chi connectivity index (χ2v) is 3.92. The van der Waals surface area contributed by atoms with Gasteiger partial charge in [0.15, 0.2) is 0 Å². The van der Waals surface area contributed by atoms with Crippen molar-refractivity contribution in [1.82, 2.24) is 9.97 Å². The van der Waals surface area contributed by atoms with Crippen LogP contribution in [0.25, 0.3) is 20.3 Å². The lowest BCUT2D eigenvalue weighted by Gasteiger charge is -1.86. The summed E-state index contributed by atoms with van der Waals surface area (Å²) in [5, 5.41) is 1.23. The van der Waals surface area contributed by atoms with Crippen LogP contribution in [0.4, 0.5) is 0 Å². The molecule has 0 saturated carbocycles. The Labute approximate surface area is 78.9 Å². The van der Waals surface area contributed by atoms with Gasteiger partial charge < -0.3 is 0 Å². The normalized spacial score (nSPS) is 11.1. The Morgan fingerprint density at radius 2 is 2.00 bits per heavy atom. The highest BCUT2D eigenvalue weighted by Gasteiger charge is 2.03. The zero-order valence-electron chi connectivity index (χ0n) is 6.77. The van der Waals surface area contributed by atoms with Crippen LogP contribution in [0.3, 0.4) is 0 Å². The van der Waals surface area contributed by atoms with Gasteiger partial charge in [-0.2, -0.15) is 0 Å². The summed E-state index contributed by atoms with van der Waals surface area (Å²) in [6, 6.07) is 8.30. The van der Waals surface area contributed by atoms with Crippen molar-refractivity contribution in [3.8, 4) is 0 Å². The van der Waals surface area contributed by atoms with Gasteiger partial charge in [0.25, 0.3) is 0 Å². The largest absolute Gasteiger partial charge is 0.243 e. The van der Waals surface area contributed by atoms with E-state index in [2.05, 4.69) is 22.1 Å². The van der Waals surface area contributed by atoms with E-state index in [-0.39, 0.29) is 0 Å². The first kappa shape index (κ1) is 6.97. The third-order valence-corrected chi connectivity index (χ3v) is 3.14. The van der Waals surface area contributed by atoms with Gasteiger partial charge in [0.05, 0.1) is 10.2 Å². The van der Waals surface area contributed by atoms with Gasteiger partial charge in [-0.25, -0.2) is 9.97 Å². The van der Waals surface area contributed by atoms with Crippen LogP contribution in [0, 0.1) is 0 Å². The van der Waals surface area contributed by atoms with Gasteiger partial charge >= 0.3 is 0 Å². The Kier molecular flexibility index (Phi) is 1.34. The monoisotopic (exact) mass is 186 g/mol. The molecular weight excluding hydrogens is 180 g/mol. The average molecular weight is 186 g/mol. The molecule has 0 atom stereocenters. The molecule has 0 aliphatic heterocycles. The smallest absolute Gasteiger partial charge is 0.116 e. The minimum atomic E-state index is 1.07. The van der Waals surface area contributed by atoms with Gasteiger partial charge in [-0.05, 0) is 6.07 Å². The fraction of sp³-hybridized carbons (Fsp3) is 0. The van der Waals surface area contributed by atoms with E-state index in [0.717, 1.165) is 10.2 Å². The summed E-state index contributed by atoms with van der Waals surface area (Å²) < 4.78 is 2.43. The molecule has 62 valence electrons. The second kappa shape index (κ2) is 2.50. The lowest BCUT2D eigenvalue weighted by atomic mass is 10.2. The van der Waals surface area contributed by atoms with Crippen LogP contribution in [0.5, 0.6) is 0 Å². The molecule has 0 amide bonds. The fourth-order valence-electron chi connectivity index (χ4n) is 1.46. The van der Waals surface area contributed by atoms with Crippen LogP contribution >= 0.6 is 11.3 Å². The predicted molar refractivity (Wildman–Crippen MR) is 54.9 cm³/mol. The molecule has 0 unspecified atom stereocenters. The summed E-state index contributed by atoms with van der Waals surface area (Å²) in [6.07, 6.45) is 3.47. The van der Waals surface area contributed by atoms with Crippen LogP contribution in [0.2, 0.25) is 0 Å². The molecule has 2 heterocycles. The Bertz CT molecular complexity index is 521. The first-order chi connectivity index (χ1) is 6.45. The summed E-state index contributed by atoms with van der Waals surface area (Å²) in [5.74, 6) is 0. The van der Waals surface area contributed by atoms with E-state index in [1.807, 2.05) is 18.3 Å². The van der Waals surface area contributed by atoms with Gasteiger partial charge in [0, 0.05) is 16.3 Å². The molecular formula is C10H6N2S. The summed E-state index contributed by atoms with van der Waals surface area (Å²) in [4.78, 5) is 8.28. The number of thiophene rings is 1. The van der Waals surface area contributed by atoms with Crippen LogP contribution < -0.4 is 0 Å². The SMILES string of the molecule is c1ccc2c(c1)sc1cncnc12. The van der Waals surface area contributed by atoms with Crippen molar-refractivity contribution < 1.29 is 0 Å². The molecule has 3 rings (SSSR count). The third kappa shape index (κ3) is 0.939. The summed E-state index contributed by atoms with van der Waals surface area (Å²) >= 11 is 1.74. The molecule has 1 aromatic carbocycles. The van der Waals surface area contributed by atoms with E-state index < -0.39 is 0 Å².